The SMILES string of the molecule is O=S(O)OC1CCCCC1. The van der Waals surface area contributed by atoms with Crippen LogP contribution in [0.25, 0.3) is 0 Å². The molecule has 0 radical (unpaired) electrons. The molecule has 4 heteroatoms. The van der Waals surface area contributed by atoms with Gasteiger partial charge in [-0.2, -0.15) is 4.21 Å². The van der Waals surface area contributed by atoms with Gasteiger partial charge in [0.1, 0.15) is 0 Å². The van der Waals surface area contributed by atoms with E-state index in [4.69, 9.17) is 8.74 Å². The first-order chi connectivity index (χ1) is 4.79. The summed E-state index contributed by atoms with van der Waals surface area (Å²) in [6.45, 7) is 0. The van der Waals surface area contributed by atoms with Crippen LogP contribution >= 0.6 is 0 Å². The molecule has 1 fully saturated rings. The smallest absolute Gasteiger partial charge is 0.284 e. The fourth-order valence-electron chi connectivity index (χ4n) is 1.28. The Morgan fingerprint density at radius 2 is 1.90 bits per heavy atom. The quantitative estimate of drug-likeness (QED) is 0.629. The molecule has 0 aromatic rings. The van der Waals surface area contributed by atoms with E-state index in [0.717, 1.165) is 25.7 Å². The molecule has 0 aromatic carbocycles. The number of hydrogen-bond acceptors (Lipinski definition) is 2. The molecule has 60 valence electrons. The van der Waals surface area contributed by atoms with Gasteiger partial charge in [-0.15, -0.1) is 0 Å². The Bertz CT molecular complexity index is 120. The zero-order valence-electron chi connectivity index (χ0n) is 5.78. The minimum absolute atomic E-state index is 0.0274. The van der Waals surface area contributed by atoms with Gasteiger partial charge in [-0.25, -0.2) is 0 Å². The molecule has 1 saturated carbocycles. The van der Waals surface area contributed by atoms with Gasteiger partial charge in [0.15, 0.2) is 0 Å². The van der Waals surface area contributed by atoms with Gasteiger partial charge in [0.25, 0.3) is 0 Å². The van der Waals surface area contributed by atoms with Gasteiger partial charge in [-0.1, -0.05) is 19.3 Å². The van der Waals surface area contributed by atoms with E-state index in [1.54, 1.807) is 0 Å². The second-order valence-corrected chi connectivity index (χ2v) is 3.20. The third-order valence-corrected chi connectivity index (χ3v) is 2.21. The molecule has 10 heavy (non-hydrogen) atoms. The first-order valence-corrected chi connectivity index (χ1v) is 4.60. The van der Waals surface area contributed by atoms with Gasteiger partial charge in [0.05, 0.1) is 6.10 Å². The largest absolute Gasteiger partial charge is 0.302 e. The lowest BCUT2D eigenvalue weighted by Gasteiger charge is -2.18. The molecule has 0 bridgehead atoms. The summed E-state index contributed by atoms with van der Waals surface area (Å²) in [5, 5.41) is 0. The minimum atomic E-state index is -2.06. The molecule has 0 aliphatic heterocycles. The average Bonchev–Trinajstić information content (AvgIpc) is 1.88. The molecule has 0 aromatic heterocycles. The Labute approximate surface area is 63.3 Å². The third kappa shape index (κ3) is 2.77. The van der Waals surface area contributed by atoms with Crippen LogP contribution in [0.5, 0.6) is 0 Å². The molecule has 1 unspecified atom stereocenters. The van der Waals surface area contributed by atoms with Crippen LogP contribution in [-0.2, 0) is 15.5 Å². The molecule has 1 atom stereocenters. The average molecular weight is 164 g/mol. The van der Waals surface area contributed by atoms with Crippen molar-refractivity contribution < 1.29 is 12.9 Å². The molecule has 1 rings (SSSR count). The van der Waals surface area contributed by atoms with E-state index in [0.29, 0.717) is 0 Å². The van der Waals surface area contributed by atoms with Gasteiger partial charge < -0.3 is 0 Å². The topological polar surface area (TPSA) is 46.5 Å². The van der Waals surface area contributed by atoms with Crippen LogP contribution in [0.2, 0.25) is 0 Å². The van der Waals surface area contributed by atoms with E-state index in [1.165, 1.54) is 6.42 Å². The summed E-state index contributed by atoms with van der Waals surface area (Å²) >= 11 is -2.06. The lowest BCUT2D eigenvalue weighted by molar-refractivity contribution is 0.158. The molecule has 3 nitrogen and oxygen atoms in total. The molecule has 1 N–H and O–H groups in total. The van der Waals surface area contributed by atoms with Crippen LogP contribution in [0.3, 0.4) is 0 Å². The maximum atomic E-state index is 10.2. The molecule has 0 heterocycles. The standard InChI is InChI=1S/C6H12O3S/c7-10(8)9-6-4-2-1-3-5-6/h6H,1-5H2,(H,7,8). The fraction of sp³-hybridized carbons (Fsp3) is 1.00. The van der Waals surface area contributed by atoms with E-state index >= 15 is 0 Å². The van der Waals surface area contributed by atoms with Crippen LogP contribution in [0.1, 0.15) is 32.1 Å². The summed E-state index contributed by atoms with van der Waals surface area (Å²) in [6.07, 6.45) is 5.39. The van der Waals surface area contributed by atoms with Crippen molar-refractivity contribution in [3.8, 4) is 0 Å². The lowest BCUT2D eigenvalue weighted by Crippen LogP contribution is -2.17. The third-order valence-electron chi connectivity index (χ3n) is 1.77. The Kier molecular flexibility index (Phi) is 3.31. The summed E-state index contributed by atoms with van der Waals surface area (Å²) in [7, 11) is 0. The zero-order chi connectivity index (χ0) is 7.40. The van der Waals surface area contributed by atoms with Crippen LogP contribution in [-0.4, -0.2) is 14.9 Å². The summed E-state index contributed by atoms with van der Waals surface area (Å²) < 4.78 is 23.2. The highest BCUT2D eigenvalue weighted by molar-refractivity contribution is 7.74. The molecule has 1 aliphatic rings. The Morgan fingerprint density at radius 1 is 1.30 bits per heavy atom. The van der Waals surface area contributed by atoms with Crippen molar-refractivity contribution >= 4 is 11.4 Å². The van der Waals surface area contributed by atoms with Crippen molar-refractivity contribution in [1.29, 1.82) is 0 Å². The van der Waals surface area contributed by atoms with E-state index in [1.807, 2.05) is 0 Å². The van der Waals surface area contributed by atoms with Crippen molar-refractivity contribution in [3.05, 3.63) is 0 Å². The van der Waals surface area contributed by atoms with Crippen LogP contribution in [0.15, 0.2) is 0 Å². The maximum absolute atomic E-state index is 10.2. The molecule has 0 spiro atoms. The van der Waals surface area contributed by atoms with Crippen molar-refractivity contribution in [2.45, 2.75) is 38.2 Å². The van der Waals surface area contributed by atoms with Crippen molar-refractivity contribution in [2.24, 2.45) is 0 Å². The predicted molar refractivity (Wildman–Crippen MR) is 38.7 cm³/mol. The Morgan fingerprint density at radius 3 is 2.40 bits per heavy atom. The Hall–Kier alpha value is 0.0700. The predicted octanol–water partition coefficient (Wildman–Crippen LogP) is 1.47. The number of hydrogen-bond donors (Lipinski definition) is 1. The van der Waals surface area contributed by atoms with Crippen LogP contribution < -0.4 is 0 Å². The summed E-state index contributed by atoms with van der Waals surface area (Å²) in [6, 6.07) is 0. The fourth-order valence-corrected chi connectivity index (χ4v) is 1.70. The number of rotatable bonds is 2. The van der Waals surface area contributed by atoms with Crippen LogP contribution in [0, 0.1) is 0 Å². The van der Waals surface area contributed by atoms with Gasteiger partial charge in [-0.05, 0) is 12.8 Å². The molecular formula is C6H12O3S. The summed E-state index contributed by atoms with van der Waals surface area (Å²) in [4.78, 5) is 0. The normalized spacial score (nSPS) is 24.5. The molecule has 0 saturated heterocycles. The summed E-state index contributed by atoms with van der Waals surface area (Å²) in [5.74, 6) is 0. The van der Waals surface area contributed by atoms with Crippen LogP contribution in [0.4, 0.5) is 0 Å². The highest BCUT2D eigenvalue weighted by atomic mass is 32.2. The summed E-state index contributed by atoms with van der Waals surface area (Å²) in [5.41, 5.74) is 0. The maximum Gasteiger partial charge on any atom is 0.302 e. The van der Waals surface area contributed by atoms with Gasteiger partial charge in [0, 0.05) is 0 Å². The molecule has 0 amide bonds. The second kappa shape index (κ2) is 4.05. The monoisotopic (exact) mass is 164 g/mol. The highest BCUT2D eigenvalue weighted by Gasteiger charge is 2.15. The second-order valence-electron chi connectivity index (χ2n) is 2.57. The molecule has 1 aliphatic carbocycles. The lowest BCUT2D eigenvalue weighted by atomic mass is 9.98. The van der Waals surface area contributed by atoms with E-state index < -0.39 is 11.4 Å². The first kappa shape index (κ1) is 8.17. The van der Waals surface area contributed by atoms with E-state index in [9.17, 15) is 4.21 Å². The van der Waals surface area contributed by atoms with E-state index in [-0.39, 0.29) is 6.10 Å². The highest BCUT2D eigenvalue weighted by Crippen LogP contribution is 2.20. The first-order valence-electron chi connectivity index (χ1n) is 3.57. The van der Waals surface area contributed by atoms with Gasteiger partial charge >= 0.3 is 11.4 Å². The van der Waals surface area contributed by atoms with Crippen molar-refractivity contribution in [3.63, 3.8) is 0 Å². The zero-order valence-corrected chi connectivity index (χ0v) is 6.60. The Balaban J connectivity index is 2.19. The van der Waals surface area contributed by atoms with E-state index in [2.05, 4.69) is 0 Å². The van der Waals surface area contributed by atoms with Crippen molar-refractivity contribution in [2.75, 3.05) is 0 Å². The van der Waals surface area contributed by atoms with Crippen molar-refractivity contribution in [1.82, 2.24) is 0 Å². The van der Waals surface area contributed by atoms with Gasteiger partial charge in [0.2, 0.25) is 0 Å². The molecular weight excluding hydrogens is 152 g/mol. The minimum Gasteiger partial charge on any atom is -0.284 e. The van der Waals surface area contributed by atoms with Gasteiger partial charge in [-0.3, -0.25) is 8.74 Å².